The maximum atomic E-state index is 14.6. The summed E-state index contributed by atoms with van der Waals surface area (Å²) < 4.78 is 49.1. The van der Waals surface area contributed by atoms with Gasteiger partial charge in [0.1, 0.15) is 17.9 Å². The number of aromatic hydroxyl groups is 1. The Morgan fingerprint density at radius 1 is 1.14 bits per heavy atom. The number of piperidine rings is 1. The summed E-state index contributed by atoms with van der Waals surface area (Å²) in [6, 6.07) is 7.71. The molecule has 0 radical (unpaired) electrons. The monoisotopic (exact) mass is 803 g/mol. The molecule has 3 amide bonds. The van der Waals surface area contributed by atoms with E-state index in [-0.39, 0.29) is 77.7 Å². The third-order valence-electron chi connectivity index (χ3n) is 12.0. The van der Waals surface area contributed by atoms with Crippen molar-refractivity contribution in [1.29, 1.82) is 5.26 Å². The first kappa shape index (κ1) is 36.8. The maximum Gasteiger partial charge on any atom is 0.416 e. The third-order valence-corrected chi connectivity index (χ3v) is 12.3. The van der Waals surface area contributed by atoms with Gasteiger partial charge in [-0.2, -0.15) is 27.9 Å². The quantitative estimate of drug-likeness (QED) is 0.282. The smallest absolute Gasteiger partial charge is 0.416 e. The predicted molar refractivity (Wildman–Crippen MR) is 193 cm³/mol. The van der Waals surface area contributed by atoms with Crippen LogP contribution in [0.5, 0.6) is 5.75 Å². The fourth-order valence-electron chi connectivity index (χ4n) is 8.74. The van der Waals surface area contributed by atoms with Gasteiger partial charge >= 0.3 is 6.18 Å². The van der Waals surface area contributed by atoms with E-state index >= 15 is 0 Å². The molecule has 1 saturated heterocycles. The average molecular weight is 804 g/mol. The van der Waals surface area contributed by atoms with Crippen molar-refractivity contribution in [2.24, 2.45) is 10.8 Å². The van der Waals surface area contributed by atoms with Gasteiger partial charge in [0.25, 0.3) is 11.5 Å². The lowest BCUT2D eigenvalue weighted by molar-refractivity contribution is -0.137. The first-order chi connectivity index (χ1) is 27.1. The Labute approximate surface area is 326 Å². The van der Waals surface area contributed by atoms with Crippen LogP contribution in [0.25, 0.3) is 11.4 Å². The van der Waals surface area contributed by atoms with Crippen LogP contribution in [0.1, 0.15) is 78.3 Å². The van der Waals surface area contributed by atoms with Crippen molar-refractivity contribution >= 4 is 46.4 Å². The second-order valence-corrected chi connectivity index (χ2v) is 15.7. The fourth-order valence-corrected chi connectivity index (χ4v) is 8.96. The average Bonchev–Trinajstić information content (AvgIpc) is 3.89. The molecule has 3 fully saturated rings. The minimum Gasteiger partial charge on any atom is -0.505 e. The van der Waals surface area contributed by atoms with E-state index in [2.05, 4.69) is 21.5 Å². The Hall–Kier alpha value is -5.80. The van der Waals surface area contributed by atoms with Gasteiger partial charge in [-0.25, -0.2) is 4.98 Å². The van der Waals surface area contributed by atoms with Crippen molar-refractivity contribution in [2.45, 2.75) is 63.5 Å². The Bertz CT molecular complexity index is 2560. The molecule has 1 spiro atoms. The van der Waals surface area contributed by atoms with Gasteiger partial charge < -0.3 is 29.5 Å². The molecular weight excluding hydrogens is 771 g/mol. The Balaban J connectivity index is 1.06. The summed E-state index contributed by atoms with van der Waals surface area (Å²) in [5, 5.41) is 26.6. The van der Waals surface area contributed by atoms with E-state index in [0.717, 1.165) is 16.6 Å². The second-order valence-electron chi connectivity index (χ2n) is 15.3. The minimum absolute atomic E-state index is 0.0150. The van der Waals surface area contributed by atoms with E-state index in [4.69, 9.17) is 21.3 Å². The van der Waals surface area contributed by atoms with Crippen molar-refractivity contribution in [3.63, 3.8) is 0 Å². The molecule has 3 aliphatic heterocycles. The molecule has 9 rings (SSSR count). The summed E-state index contributed by atoms with van der Waals surface area (Å²) in [4.78, 5) is 66.8. The highest BCUT2D eigenvalue weighted by Crippen LogP contribution is 2.86. The van der Waals surface area contributed by atoms with E-state index in [0.29, 0.717) is 43.1 Å². The molecule has 6 heterocycles. The van der Waals surface area contributed by atoms with Crippen molar-refractivity contribution in [2.75, 3.05) is 31.5 Å². The van der Waals surface area contributed by atoms with E-state index in [9.17, 15) is 42.7 Å². The maximum absolute atomic E-state index is 14.6. The number of ether oxygens (including phenoxy) is 1. The van der Waals surface area contributed by atoms with Crippen LogP contribution in [-0.4, -0.2) is 83.0 Å². The predicted octanol–water partition coefficient (Wildman–Crippen LogP) is 4.44. The zero-order chi connectivity index (χ0) is 40.2. The third kappa shape index (κ3) is 5.69. The highest BCUT2D eigenvalue weighted by atomic mass is 35.5. The number of benzene rings is 1. The summed E-state index contributed by atoms with van der Waals surface area (Å²) in [6.07, 6.45) is -0.278. The van der Waals surface area contributed by atoms with E-state index < -0.39 is 58.2 Å². The number of amides is 3. The number of pyridine rings is 1. The number of anilines is 1. The van der Waals surface area contributed by atoms with Crippen LogP contribution in [-0.2, 0) is 32.6 Å². The number of rotatable bonds is 6. The SMILES string of the molecule is C[C@H]1OC2(CCN(C(=O)c3ncccc3O)CC2)c2c1n(CC(=O)Nc1ccc(C(F)(F)F)cc1Cl)c1nc(C3=CCN(C(=O)C45CC4(C#N)C5)CC3)nn1c2=O. The normalized spacial score (nSPS) is 24.4. The number of nitrogens with zero attached hydrogens (tertiary/aromatic N) is 8. The van der Waals surface area contributed by atoms with E-state index in [1.54, 1.807) is 11.8 Å². The van der Waals surface area contributed by atoms with Crippen molar-refractivity contribution in [3.8, 4) is 11.8 Å². The Morgan fingerprint density at radius 3 is 2.53 bits per heavy atom. The van der Waals surface area contributed by atoms with Gasteiger partial charge in [-0.3, -0.25) is 19.2 Å². The zero-order valence-electron chi connectivity index (χ0n) is 30.3. The van der Waals surface area contributed by atoms with Crippen molar-refractivity contribution in [1.82, 2.24) is 33.9 Å². The van der Waals surface area contributed by atoms with Gasteiger partial charge in [-0.15, -0.1) is 5.10 Å². The van der Waals surface area contributed by atoms with Crippen LogP contribution < -0.4 is 10.9 Å². The lowest BCUT2D eigenvalue weighted by Gasteiger charge is -2.39. The molecule has 2 saturated carbocycles. The molecule has 4 aromatic rings. The number of nitriles is 1. The topological polar surface area (TPSA) is 188 Å². The van der Waals surface area contributed by atoms with Crippen LogP contribution in [0.2, 0.25) is 5.02 Å². The molecule has 2 N–H and O–H groups in total. The lowest BCUT2D eigenvalue weighted by atomic mass is 9.85. The lowest BCUT2D eigenvalue weighted by Crippen LogP contribution is -2.47. The molecule has 294 valence electrons. The van der Waals surface area contributed by atoms with Gasteiger partial charge in [-0.1, -0.05) is 17.7 Å². The van der Waals surface area contributed by atoms with Crippen LogP contribution in [0, 0.1) is 22.2 Å². The molecule has 2 aliphatic carbocycles. The number of halogens is 4. The number of carbonyl (C=O) groups excluding carboxylic acids is 3. The van der Waals surface area contributed by atoms with Crippen LogP contribution in [0.3, 0.4) is 0 Å². The number of aromatic nitrogens is 5. The highest BCUT2D eigenvalue weighted by molar-refractivity contribution is 6.33. The van der Waals surface area contributed by atoms with Crippen LogP contribution in [0.15, 0.2) is 47.4 Å². The largest absolute Gasteiger partial charge is 0.505 e. The number of hydrogen-bond acceptors (Lipinski definition) is 10. The summed E-state index contributed by atoms with van der Waals surface area (Å²) in [7, 11) is 0. The molecule has 3 aromatic heterocycles. The highest BCUT2D eigenvalue weighted by Gasteiger charge is 2.88. The van der Waals surface area contributed by atoms with Gasteiger partial charge in [-0.05, 0) is 74.9 Å². The Kier molecular flexibility index (Phi) is 8.14. The second kappa shape index (κ2) is 12.6. The molecular formula is C38H33ClF3N9O6. The molecule has 15 nitrogen and oxygen atoms in total. The van der Waals surface area contributed by atoms with Gasteiger partial charge in [0.15, 0.2) is 11.5 Å². The summed E-state index contributed by atoms with van der Waals surface area (Å²) in [5.41, 5.74) is -2.70. The molecule has 0 bridgehead atoms. The first-order valence-corrected chi connectivity index (χ1v) is 18.7. The number of hydrogen-bond donors (Lipinski definition) is 2. The summed E-state index contributed by atoms with van der Waals surface area (Å²) in [6.45, 7) is 2.18. The minimum atomic E-state index is -4.64. The summed E-state index contributed by atoms with van der Waals surface area (Å²) in [5.74, 6) is -1.25. The van der Waals surface area contributed by atoms with Crippen LogP contribution in [0.4, 0.5) is 18.9 Å². The number of likely N-dealkylation sites (tertiary alicyclic amines) is 1. The summed E-state index contributed by atoms with van der Waals surface area (Å²) >= 11 is 6.16. The number of alkyl halides is 3. The van der Waals surface area contributed by atoms with Gasteiger partial charge in [0, 0.05) is 32.4 Å². The number of carbonyl (C=O) groups is 3. The van der Waals surface area contributed by atoms with E-state index in [1.165, 1.54) is 27.8 Å². The van der Waals surface area contributed by atoms with Crippen molar-refractivity contribution in [3.05, 3.63) is 86.3 Å². The molecule has 0 unspecified atom stereocenters. The van der Waals surface area contributed by atoms with Gasteiger partial charge in [0.2, 0.25) is 17.6 Å². The molecule has 57 heavy (non-hydrogen) atoms. The number of nitrogens with one attached hydrogen (secondary N) is 1. The van der Waals surface area contributed by atoms with E-state index in [1.807, 2.05) is 6.08 Å². The Morgan fingerprint density at radius 2 is 1.89 bits per heavy atom. The number of fused-ring (bicyclic) bond motifs is 4. The first-order valence-electron chi connectivity index (χ1n) is 18.3. The standard InChI is InChI=1S/C38H33ClF3N9O6/c1-20-29-27(37(57-20)8-13-48(14-9-37)32(55)28-25(52)3-2-10-44-28)31(54)51-34(50(29)16-26(53)45-24-5-4-22(15-23(24)39)38(40,41)42)46-30(47-51)21-6-11-49(12-7-21)33(56)36-17-35(36,18-36)19-43/h2-6,10,15,20,52H,7-9,11-14,16-18H2,1H3,(H,45,53)/t20-,35?,36?/m1/s1. The van der Waals surface area contributed by atoms with Crippen molar-refractivity contribution < 1.29 is 37.4 Å². The molecule has 5 aliphatic rings. The fraction of sp³-hybridized carbons (Fsp3) is 0.421. The molecule has 1 atom stereocenters. The van der Waals surface area contributed by atoms with Crippen LogP contribution >= 0.6 is 11.6 Å². The molecule has 19 heteroatoms. The zero-order valence-corrected chi connectivity index (χ0v) is 31.0. The molecule has 1 aromatic carbocycles. The van der Waals surface area contributed by atoms with Gasteiger partial charge in [0.05, 0.1) is 50.5 Å².